The number of hydrogen-bond acceptors (Lipinski definition) is 6. The summed E-state index contributed by atoms with van der Waals surface area (Å²) in [5, 5.41) is 5.91. The zero-order valence-corrected chi connectivity index (χ0v) is 16.9. The molecule has 0 aliphatic carbocycles. The lowest BCUT2D eigenvalue weighted by Crippen LogP contribution is -2.30. The largest absolute Gasteiger partial charge is 0.479 e. The number of fused-ring (bicyclic) bond motifs is 1. The van der Waals surface area contributed by atoms with Crippen LogP contribution in [0, 0.1) is 0 Å². The number of amides is 1. The molecule has 6 nitrogen and oxygen atoms in total. The molecule has 2 aromatic carbocycles. The summed E-state index contributed by atoms with van der Waals surface area (Å²) in [4.78, 5) is 16.9. The van der Waals surface area contributed by atoms with Crippen LogP contribution in [0.1, 0.15) is 6.92 Å². The van der Waals surface area contributed by atoms with Crippen LogP contribution in [0.25, 0.3) is 11.3 Å². The Labute approximate surface area is 175 Å². The maximum absolute atomic E-state index is 12.4. The summed E-state index contributed by atoms with van der Waals surface area (Å²) >= 11 is 13.3. The number of aromatic nitrogens is 1. The summed E-state index contributed by atoms with van der Waals surface area (Å²) in [5.74, 6) is 1.43. The summed E-state index contributed by atoms with van der Waals surface area (Å²) < 4.78 is 16.3. The molecule has 1 aromatic heterocycles. The average molecular weight is 437 g/mol. The molecule has 1 N–H and O–H groups in total. The SMILES string of the molecule is CC(Oc1ccc(Cl)cc1Cl)C(=O)Nc1nc(-c2ccc3c(c2)OCO3)cs1. The number of thiazole rings is 1. The predicted molar refractivity (Wildman–Crippen MR) is 109 cm³/mol. The first-order valence-electron chi connectivity index (χ1n) is 8.28. The zero-order chi connectivity index (χ0) is 19.7. The van der Waals surface area contributed by atoms with Gasteiger partial charge < -0.3 is 14.2 Å². The third-order valence-corrected chi connectivity index (χ3v) is 5.26. The van der Waals surface area contributed by atoms with E-state index in [4.69, 9.17) is 37.4 Å². The lowest BCUT2D eigenvalue weighted by Gasteiger charge is -2.14. The van der Waals surface area contributed by atoms with Gasteiger partial charge in [-0.3, -0.25) is 10.1 Å². The molecule has 0 saturated heterocycles. The first-order valence-corrected chi connectivity index (χ1v) is 9.91. The summed E-state index contributed by atoms with van der Waals surface area (Å²) in [6.07, 6.45) is -0.767. The van der Waals surface area contributed by atoms with Gasteiger partial charge in [-0.05, 0) is 43.3 Å². The molecule has 3 aromatic rings. The number of hydrogen-bond donors (Lipinski definition) is 1. The Hall–Kier alpha value is -2.48. The van der Waals surface area contributed by atoms with Gasteiger partial charge in [-0.2, -0.15) is 0 Å². The first-order chi connectivity index (χ1) is 13.5. The van der Waals surface area contributed by atoms with Crippen molar-refractivity contribution in [1.82, 2.24) is 4.98 Å². The van der Waals surface area contributed by atoms with Crippen molar-refractivity contribution in [3.05, 3.63) is 51.8 Å². The molecule has 9 heteroatoms. The number of nitrogens with zero attached hydrogens (tertiary/aromatic N) is 1. The number of rotatable bonds is 5. The number of carbonyl (C=O) groups is 1. The van der Waals surface area contributed by atoms with Crippen LogP contribution in [0.2, 0.25) is 10.0 Å². The van der Waals surface area contributed by atoms with E-state index < -0.39 is 6.10 Å². The van der Waals surface area contributed by atoms with Crippen LogP contribution >= 0.6 is 34.5 Å². The molecule has 4 rings (SSSR count). The van der Waals surface area contributed by atoms with E-state index >= 15 is 0 Å². The van der Waals surface area contributed by atoms with Crippen molar-refractivity contribution in [2.45, 2.75) is 13.0 Å². The highest BCUT2D eigenvalue weighted by Gasteiger charge is 2.19. The number of anilines is 1. The van der Waals surface area contributed by atoms with Gasteiger partial charge in [0.05, 0.1) is 10.7 Å². The van der Waals surface area contributed by atoms with E-state index in [1.807, 2.05) is 23.6 Å². The number of benzene rings is 2. The van der Waals surface area contributed by atoms with Gasteiger partial charge in [0.2, 0.25) is 6.79 Å². The minimum absolute atomic E-state index is 0.215. The minimum Gasteiger partial charge on any atom is -0.479 e. The van der Waals surface area contributed by atoms with E-state index in [2.05, 4.69) is 10.3 Å². The van der Waals surface area contributed by atoms with Crippen molar-refractivity contribution in [3.8, 4) is 28.5 Å². The van der Waals surface area contributed by atoms with Crippen molar-refractivity contribution < 1.29 is 19.0 Å². The molecule has 1 aliphatic rings. The highest BCUT2D eigenvalue weighted by Crippen LogP contribution is 2.36. The molecule has 144 valence electrons. The Balaban J connectivity index is 1.42. The van der Waals surface area contributed by atoms with Crippen LogP contribution in [0.3, 0.4) is 0 Å². The van der Waals surface area contributed by atoms with Gasteiger partial charge >= 0.3 is 0 Å². The molecule has 0 radical (unpaired) electrons. The third-order valence-electron chi connectivity index (χ3n) is 3.97. The minimum atomic E-state index is -0.767. The van der Waals surface area contributed by atoms with E-state index in [0.717, 1.165) is 11.3 Å². The molecule has 1 atom stereocenters. The van der Waals surface area contributed by atoms with Crippen molar-refractivity contribution >= 4 is 45.6 Å². The maximum Gasteiger partial charge on any atom is 0.266 e. The fraction of sp³-hybridized carbons (Fsp3) is 0.158. The van der Waals surface area contributed by atoms with Crippen molar-refractivity contribution in [3.63, 3.8) is 0 Å². The van der Waals surface area contributed by atoms with Crippen LogP contribution in [0.4, 0.5) is 5.13 Å². The fourth-order valence-electron chi connectivity index (χ4n) is 2.54. The Morgan fingerprint density at radius 2 is 2.04 bits per heavy atom. The molecule has 0 spiro atoms. The van der Waals surface area contributed by atoms with Gasteiger partial charge in [0.15, 0.2) is 22.7 Å². The summed E-state index contributed by atoms with van der Waals surface area (Å²) in [5.41, 5.74) is 1.60. The van der Waals surface area contributed by atoms with Gasteiger partial charge in [-0.25, -0.2) is 4.98 Å². The first kappa shape index (κ1) is 18.9. The lowest BCUT2D eigenvalue weighted by molar-refractivity contribution is -0.122. The fourth-order valence-corrected chi connectivity index (χ4v) is 3.72. The number of carbonyl (C=O) groups excluding carboxylic acids is 1. The summed E-state index contributed by atoms with van der Waals surface area (Å²) in [6.45, 7) is 1.85. The predicted octanol–water partition coefficient (Wildman–Crippen LogP) is 5.25. The lowest BCUT2D eigenvalue weighted by atomic mass is 10.1. The van der Waals surface area contributed by atoms with E-state index in [0.29, 0.717) is 32.4 Å². The number of nitrogens with one attached hydrogen (secondary N) is 1. The molecule has 0 saturated carbocycles. The maximum atomic E-state index is 12.4. The van der Waals surface area contributed by atoms with Crippen LogP contribution < -0.4 is 19.5 Å². The third kappa shape index (κ3) is 4.01. The summed E-state index contributed by atoms with van der Waals surface area (Å²) in [6, 6.07) is 10.4. The molecule has 1 aliphatic heterocycles. The number of ether oxygens (including phenoxy) is 3. The second-order valence-corrected chi connectivity index (χ2v) is 7.63. The van der Waals surface area contributed by atoms with Crippen molar-refractivity contribution in [2.75, 3.05) is 12.1 Å². The van der Waals surface area contributed by atoms with Gasteiger partial charge in [0, 0.05) is 16.0 Å². The zero-order valence-electron chi connectivity index (χ0n) is 14.6. The van der Waals surface area contributed by atoms with Crippen LogP contribution in [-0.2, 0) is 4.79 Å². The van der Waals surface area contributed by atoms with Crippen LogP contribution in [0.15, 0.2) is 41.8 Å². The van der Waals surface area contributed by atoms with E-state index in [9.17, 15) is 4.79 Å². The van der Waals surface area contributed by atoms with E-state index in [1.165, 1.54) is 11.3 Å². The highest BCUT2D eigenvalue weighted by atomic mass is 35.5. The monoisotopic (exact) mass is 436 g/mol. The molecular weight excluding hydrogens is 423 g/mol. The molecule has 28 heavy (non-hydrogen) atoms. The van der Waals surface area contributed by atoms with Crippen LogP contribution in [0.5, 0.6) is 17.2 Å². The molecule has 0 bridgehead atoms. The molecule has 1 amide bonds. The quantitative estimate of drug-likeness (QED) is 0.591. The Morgan fingerprint density at radius 3 is 2.86 bits per heavy atom. The second kappa shape index (κ2) is 7.87. The van der Waals surface area contributed by atoms with Crippen LogP contribution in [-0.4, -0.2) is 23.8 Å². The molecule has 1 unspecified atom stereocenters. The van der Waals surface area contributed by atoms with E-state index in [1.54, 1.807) is 25.1 Å². The molecular formula is C19H14Cl2N2O4S. The second-order valence-electron chi connectivity index (χ2n) is 5.93. The van der Waals surface area contributed by atoms with Gasteiger partial charge in [-0.15, -0.1) is 11.3 Å². The van der Waals surface area contributed by atoms with Crippen molar-refractivity contribution in [2.24, 2.45) is 0 Å². The van der Waals surface area contributed by atoms with Gasteiger partial charge in [-0.1, -0.05) is 23.2 Å². The molecule has 0 fully saturated rings. The number of halogens is 2. The van der Waals surface area contributed by atoms with Crippen molar-refractivity contribution in [1.29, 1.82) is 0 Å². The Morgan fingerprint density at radius 1 is 1.21 bits per heavy atom. The van der Waals surface area contributed by atoms with Gasteiger partial charge in [0.1, 0.15) is 5.75 Å². The van der Waals surface area contributed by atoms with Gasteiger partial charge in [0.25, 0.3) is 5.91 Å². The molecule has 2 heterocycles. The Bertz CT molecular complexity index is 1040. The average Bonchev–Trinajstić information content (AvgIpc) is 3.32. The normalized spacial score (nSPS) is 13.2. The standard InChI is InChI=1S/C19H14Cl2N2O4S/c1-10(27-15-5-3-12(20)7-13(15)21)18(24)23-19-22-14(8-28-19)11-2-4-16-17(6-11)26-9-25-16/h2-8,10H,9H2,1H3,(H,22,23,24). The topological polar surface area (TPSA) is 69.7 Å². The van der Waals surface area contributed by atoms with E-state index in [-0.39, 0.29) is 12.7 Å². The highest BCUT2D eigenvalue weighted by molar-refractivity contribution is 7.14. The summed E-state index contributed by atoms with van der Waals surface area (Å²) in [7, 11) is 0. The Kier molecular flexibility index (Phi) is 5.30. The smallest absolute Gasteiger partial charge is 0.266 e.